The van der Waals surface area contributed by atoms with Gasteiger partial charge in [0.15, 0.2) is 0 Å². The summed E-state index contributed by atoms with van der Waals surface area (Å²) in [5.74, 6) is 0.663. The maximum absolute atomic E-state index is 12.0. The largest absolute Gasteiger partial charge is 0.325 e. The second-order valence-electron chi connectivity index (χ2n) is 4.91. The van der Waals surface area contributed by atoms with Gasteiger partial charge in [-0.3, -0.25) is 20.0 Å². The van der Waals surface area contributed by atoms with Gasteiger partial charge in [0.1, 0.15) is 5.82 Å². The lowest BCUT2D eigenvalue weighted by Crippen LogP contribution is -2.15. The van der Waals surface area contributed by atoms with Crippen molar-refractivity contribution >= 4 is 29.0 Å². The molecule has 23 heavy (non-hydrogen) atoms. The molecule has 0 spiro atoms. The van der Waals surface area contributed by atoms with Crippen LogP contribution < -0.4 is 5.32 Å². The summed E-state index contributed by atoms with van der Waals surface area (Å²) in [5.41, 5.74) is 1.14. The summed E-state index contributed by atoms with van der Waals surface area (Å²) in [6.45, 7) is 3.82. The van der Waals surface area contributed by atoms with Crippen molar-refractivity contribution in [1.29, 1.82) is 0 Å². The summed E-state index contributed by atoms with van der Waals surface area (Å²) in [4.78, 5) is 26.5. The average molecular weight is 335 g/mol. The van der Waals surface area contributed by atoms with Crippen LogP contribution in [-0.2, 0) is 11.2 Å². The Morgan fingerprint density at radius 1 is 1.48 bits per heavy atom. The number of thioether (sulfide) groups is 1. The average Bonchev–Trinajstić information content (AvgIpc) is 2.95. The van der Waals surface area contributed by atoms with Crippen LogP contribution >= 0.6 is 11.8 Å². The molecule has 0 aliphatic heterocycles. The Kier molecular flexibility index (Phi) is 5.69. The Morgan fingerprint density at radius 3 is 2.96 bits per heavy atom. The zero-order valence-corrected chi connectivity index (χ0v) is 13.6. The van der Waals surface area contributed by atoms with E-state index >= 15 is 0 Å². The molecule has 1 aromatic carbocycles. The van der Waals surface area contributed by atoms with Gasteiger partial charge in [-0.25, -0.2) is 4.98 Å². The van der Waals surface area contributed by atoms with Crippen LogP contribution in [0.15, 0.2) is 23.4 Å². The third kappa shape index (κ3) is 4.78. The fraction of sp³-hybridized carbons (Fsp3) is 0.357. The topological polar surface area (TPSA) is 114 Å². The van der Waals surface area contributed by atoms with E-state index in [0.717, 1.165) is 24.2 Å². The zero-order valence-electron chi connectivity index (χ0n) is 12.8. The lowest BCUT2D eigenvalue weighted by Gasteiger charge is -2.07. The van der Waals surface area contributed by atoms with Crippen LogP contribution in [0.4, 0.5) is 11.4 Å². The lowest BCUT2D eigenvalue weighted by atomic mass is 10.2. The number of aromatic nitrogens is 3. The standard InChI is InChI=1S/C14H17N5O3S/c1-3-4-12-16-14(18-17-12)23-8-13(20)15-11-7-10(19(21)22)6-5-9(11)2/h5-7H,3-4,8H2,1-2H3,(H,15,20)(H,16,17,18). The molecule has 9 heteroatoms. The molecule has 122 valence electrons. The van der Waals surface area contributed by atoms with Crippen molar-refractivity contribution in [1.82, 2.24) is 15.2 Å². The highest BCUT2D eigenvalue weighted by Gasteiger charge is 2.12. The molecule has 1 amide bonds. The Hall–Kier alpha value is -2.42. The van der Waals surface area contributed by atoms with Crippen LogP contribution in [0.1, 0.15) is 24.7 Å². The molecule has 8 nitrogen and oxygen atoms in total. The molecule has 2 N–H and O–H groups in total. The molecule has 0 unspecified atom stereocenters. The van der Waals surface area contributed by atoms with Gasteiger partial charge >= 0.3 is 0 Å². The molecule has 2 rings (SSSR count). The molecule has 0 radical (unpaired) electrons. The van der Waals surface area contributed by atoms with E-state index in [2.05, 4.69) is 20.5 Å². The van der Waals surface area contributed by atoms with Gasteiger partial charge in [-0.1, -0.05) is 24.8 Å². The van der Waals surface area contributed by atoms with Crippen LogP contribution in [0.2, 0.25) is 0 Å². The van der Waals surface area contributed by atoms with Crippen molar-refractivity contribution in [2.45, 2.75) is 31.8 Å². The number of carbonyl (C=O) groups excluding carboxylic acids is 1. The fourth-order valence-electron chi connectivity index (χ4n) is 1.87. The van der Waals surface area contributed by atoms with Crippen LogP contribution in [0.25, 0.3) is 0 Å². The first-order chi connectivity index (χ1) is 11.0. The number of nitro benzene ring substituents is 1. The monoisotopic (exact) mass is 335 g/mol. The summed E-state index contributed by atoms with van der Waals surface area (Å²) in [6.07, 6.45) is 1.78. The van der Waals surface area contributed by atoms with Gasteiger partial charge in [-0.2, -0.15) is 0 Å². The number of nitrogens with one attached hydrogen (secondary N) is 2. The van der Waals surface area contributed by atoms with E-state index in [-0.39, 0.29) is 17.3 Å². The zero-order chi connectivity index (χ0) is 16.8. The van der Waals surface area contributed by atoms with E-state index in [0.29, 0.717) is 10.8 Å². The van der Waals surface area contributed by atoms with Crippen LogP contribution in [0.5, 0.6) is 0 Å². The molecule has 1 heterocycles. The maximum Gasteiger partial charge on any atom is 0.271 e. The van der Waals surface area contributed by atoms with Crippen molar-refractivity contribution in [3.63, 3.8) is 0 Å². The van der Waals surface area contributed by atoms with Crippen LogP contribution in [-0.4, -0.2) is 31.8 Å². The SMILES string of the molecule is CCCc1nc(SCC(=O)Nc2cc([N+](=O)[O-])ccc2C)n[nH]1. The molecule has 1 aromatic heterocycles. The van der Waals surface area contributed by atoms with Gasteiger partial charge in [0.25, 0.3) is 5.69 Å². The van der Waals surface area contributed by atoms with E-state index in [4.69, 9.17) is 0 Å². The summed E-state index contributed by atoms with van der Waals surface area (Å²) in [7, 11) is 0. The smallest absolute Gasteiger partial charge is 0.271 e. The maximum atomic E-state index is 12.0. The number of aromatic amines is 1. The summed E-state index contributed by atoms with van der Waals surface area (Å²) >= 11 is 1.21. The number of anilines is 1. The molecule has 0 atom stereocenters. The van der Waals surface area contributed by atoms with Crippen molar-refractivity contribution in [2.75, 3.05) is 11.1 Å². The molecule has 0 saturated carbocycles. The first kappa shape index (κ1) is 16.9. The number of H-pyrrole nitrogens is 1. The molecular weight excluding hydrogens is 318 g/mol. The van der Waals surface area contributed by atoms with Crippen molar-refractivity contribution < 1.29 is 9.72 Å². The number of non-ortho nitro benzene ring substituents is 1. The van der Waals surface area contributed by atoms with Crippen LogP contribution in [0.3, 0.4) is 0 Å². The number of amides is 1. The summed E-state index contributed by atoms with van der Waals surface area (Å²) in [6, 6.07) is 4.36. The summed E-state index contributed by atoms with van der Waals surface area (Å²) < 4.78 is 0. The van der Waals surface area contributed by atoms with Gasteiger partial charge in [0.05, 0.1) is 16.4 Å². The van der Waals surface area contributed by atoms with Crippen molar-refractivity contribution in [2.24, 2.45) is 0 Å². The normalized spacial score (nSPS) is 10.5. The molecular formula is C14H17N5O3S. The Balaban J connectivity index is 1.94. The number of nitro groups is 1. The number of hydrogen-bond donors (Lipinski definition) is 2. The first-order valence-corrected chi connectivity index (χ1v) is 8.07. The molecule has 2 aromatic rings. The number of nitrogens with zero attached hydrogens (tertiary/aromatic N) is 3. The van der Waals surface area contributed by atoms with E-state index < -0.39 is 4.92 Å². The highest BCUT2D eigenvalue weighted by molar-refractivity contribution is 7.99. The second-order valence-corrected chi connectivity index (χ2v) is 5.85. The molecule has 0 aliphatic rings. The number of aryl methyl sites for hydroxylation is 2. The Bertz CT molecular complexity index is 716. The fourth-order valence-corrected chi connectivity index (χ4v) is 2.48. The minimum Gasteiger partial charge on any atom is -0.325 e. The van der Waals surface area contributed by atoms with E-state index in [1.165, 1.54) is 23.9 Å². The van der Waals surface area contributed by atoms with Gasteiger partial charge < -0.3 is 5.32 Å². The third-order valence-corrected chi connectivity index (χ3v) is 3.88. The minimum absolute atomic E-state index is 0.0586. The first-order valence-electron chi connectivity index (χ1n) is 7.08. The molecule has 0 aliphatic carbocycles. The van der Waals surface area contributed by atoms with Crippen molar-refractivity contribution in [3.05, 3.63) is 39.7 Å². The lowest BCUT2D eigenvalue weighted by molar-refractivity contribution is -0.384. The number of benzene rings is 1. The summed E-state index contributed by atoms with van der Waals surface area (Å²) in [5, 5.41) is 20.8. The number of rotatable bonds is 7. The predicted octanol–water partition coefficient (Wildman–Crippen LogP) is 2.70. The van der Waals surface area contributed by atoms with Crippen LogP contribution in [0, 0.1) is 17.0 Å². The second kappa shape index (κ2) is 7.73. The molecule has 0 saturated heterocycles. The molecule has 0 fully saturated rings. The van der Waals surface area contributed by atoms with Gasteiger partial charge in [-0.15, -0.1) is 5.10 Å². The number of carbonyl (C=O) groups is 1. The van der Waals surface area contributed by atoms with Crippen molar-refractivity contribution in [3.8, 4) is 0 Å². The van der Waals surface area contributed by atoms with E-state index in [9.17, 15) is 14.9 Å². The van der Waals surface area contributed by atoms with Gasteiger partial charge in [0.2, 0.25) is 11.1 Å². The predicted molar refractivity (Wildman–Crippen MR) is 87.6 cm³/mol. The molecule has 0 bridgehead atoms. The number of hydrogen-bond acceptors (Lipinski definition) is 6. The van der Waals surface area contributed by atoms with Gasteiger partial charge in [-0.05, 0) is 18.9 Å². The van der Waals surface area contributed by atoms with E-state index in [1.807, 2.05) is 6.92 Å². The van der Waals surface area contributed by atoms with Gasteiger partial charge in [0, 0.05) is 18.6 Å². The Morgan fingerprint density at radius 2 is 2.26 bits per heavy atom. The minimum atomic E-state index is -0.493. The highest BCUT2D eigenvalue weighted by Crippen LogP contribution is 2.22. The quantitative estimate of drug-likeness (QED) is 0.457. The highest BCUT2D eigenvalue weighted by atomic mass is 32.2. The Labute approximate surface area is 137 Å². The third-order valence-electron chi connectivity index (χ3n) is 3.04. The van der Waals surface area contributed by atoms with E-state index in [1.54, 1.807) is 13.0 Å².